The number of carbonyl (C=O) groups is 1. The van der Waals surface area contributed by atoms with Crippen LogP contribution in [0.1, 0.15) is 48.7 Å². The second-order valence-corrected chi connectivity index (χ2v) is 8.51. The summed E-state index contributed by atoms with van der Waals surface area (Å²) in [6.07, 6.45) is 6.15. The summed E-state index contributed by atoms with van der Waals surface area (Å²) in [5.41, 5.74) is 0.881. The van der Waals surface area contributed by atoms with Gasteiger partial charge in [0.05, 0.1) is 12.1 Å². The van der Waals surface area contributed by atoms with Gasteiger partial charge >= 0.3 is 5.97 Å². The van der Waals surface area contributed by atoms with Crippen LogP contribution < -0.4 is 10.6 Å². The van der Waals surface area contributed by atoms with Gasteiger partial charge in [0.1, 0.15) is 4.88 Å². The number of esters is 1. The van der Waals surface area contributed by atoms with Crippen molar-refractivity contribution in [2.45, 2.75) is 45.1 Å². The maximum absolute atomic E-state index is 11.8. The van der Waals surface area contributed by atoms with E-state index < -0.39 is 5.97 Å². The molecule has 7 heteroatoms. The average Bonchev–Trinajstić information content (AvgIpc) is 2.97. The first-order chi connectivity index (χ1) is 12.5. The van der Waals surface area contributed by atoms with E-state index in [1.54, 1.807) is 0 Å². The van der Waals surface area contributed by atoms with Gasteiger partial charge in [-0.15, -0.1) is 11.3 Å². The third kappa shape index (κ3) is 4.30. The molecule has 4 nitrogen and oxygen atoms in total. The molecule has 0 spiro atoms. The molecule has 140 valence electrons. The van der Waals surface area contributed by atoms with Gasteiger partial charge in [0.25, 0.3) is 0 Å². The van der Waals surface area contributed by atoms with Crippen LogP contribution in [0.3, 0.4) is 0 Å². The van der Waals surface area contributed by atoms with Crippen molar-refractivity contribution < 1.29 is 9.53 Å². The van der Waals surface area contributed by atoms with E-state index in [-0.39, 0.29) is 0 Å². The molecule has 26 heavy (non-hydrogen) atoms. The summed E-state index contributed by atoms with van der Waals surface area (Å²) in [5, 5.41) is 8.60. The fourth-order valence-corrected chi connectivity index (χ4v) is 5.18. The van der Waals surface area contributed by atoms with E-state index in [1.165, 1.54) is 50.6 Å². The molecule has 0 radical (unpaired) electrons. The smallest absolute Gasteiger partial charge is 0.349 e. The highest BCUT2D eigenvalue weighted by Gasteiger charge is 2.21. The summed E-state index contributed by atoms with van der Waals surface area (Å²) in [6.45, 7) is 2.27. The van der Waals surface area contributed by atoms with Crippen molar-refractivity contribution in [1.82, 2.24) is 5.32 Å². The summed E-state index contributed by atoms with van der Waals surface area (Å²) in [5.74, 6) is 0.454. The number of methoxy groups -OCH3 is 1. The molecular weight excluding hydrogens is 388 g/mol. The Kier molecular flexibility index (Phi) is 6.37. The minimum atomic E-state index is -0.412. The minimum Gasteiger partial charge on any atom is -0.465 e. The van der Waals surface area contributed by atoms with Gasteiger partial charge < -0.3 is 15.4 Å². The molecule has 1 aromatic heterocycles. The highest BCUT2D eigenvalue weighted by Crippen LogP contribution is 2.37. The highest BCUT2D eigenvalue weighted by molar-refractivity contribution is 7.80. The predicted octanol–water partition coefficient (Wildman–Crippen LogP) is 5.60. The SMILES string of the molecule is CCC1CCC(NC(=S)Nc2ccc3c(Cl)c(C(=O)OC)sc3c2)CC1. The number of halogens is 1. The van der Waals surface area contributed by atoms with Crippen molar-refractivity contribution in [3.8, 4) is 0 Å². The number of fused-ring (bicyclic) bond motifs is 1. The van der Waals surface area contributed by atoms with E-state index in [4.69, 9.17) is 28.6 Å². The third-order valence-corrected chi connectivity index (χ3v) is 6.87. The molecule has 0 unspecified atom stereocenters. The van der Waals surface area contributed by atoms with Gasteiger partial charge in [-0.05, 0) is 62.0 Å². The van der Waals surface area contributed by atoms with Gasteiger partial charge in [0, 0.05) is 21.8 Å². The lowest BCUT2D eigenvalue weighted by atomic mass is 9.85. The van der Waals surface area contributed by atoms with Crippen LogP contribution in [0.4, 0.5) is 5.69 Å². The maximum Gasteiger partial charge on any atom is 0.349 e. The van der Waals surface area contributed by atoms with Crippen LogP contribution in [-0.4, -0.2) is 24.2 Å². The van der Waals surface area contributed by atoms with Gasteiger partial charge in [-0.25, -0.2) is 4.79 Å². The zero-order chi connectivity index (χ0) is 18.7. The number of nitrogens with one attached hydrogen (secondary N) is 2. The molecule has 1 aliphatic rings. The van der Waals surface area contributed by atoms with Gasteiger partial charge in [-0.3, -0.25) is 0 Å². The van der Waals surface area contributed by atoms with Crippen molar-refractivity contribution in [1.29, 1.82) is 0 Å². The Morgan fingerprint density at radius 3 is 2.73 bits per heavy atom. The number of hydrogen-bond donors (Lipinski definition) is 2. The molecule has 1 aromatic carbocycles. The van der Waals surface area contributed by atoms with Crippen LogP contribution in [0.5, 0.6) is 0 Å². The Morgan fingerprint density at radius 1 is 1.35 bits per heavy atom. The maximum atomic E-state index is 11.8. The normalized spacial score (nSPS) is 20.0. The molecular formula is C19H23ClN2O2S2. The molecule has 0 atom stereocenters. The van der Waals surface area contributed by atoms with Crippen molar-refractivity contribution in [3.63, 3.8) is 0 Å². The second kappa shape index (κ2) is 8.55. The summed E-state index contributed by atoms with van der Waals surface area (Å²) >= 11 is 13.1. The van der Waals surface area contributed by atoms with E-state index in [2.05, 4.69) is 17.6 Å². The van der Waals surface area contributed by atoms with Gasteiger partial charge in [0.15, 0.2) is 5.11 Å². The number of anilines is 1. The number of ether oxygens (including phenoxy) is 1. The molecule has 1 fully saturated rings. The molecule has 1 saturated carbocycles. The first-order valence-electron chi connectivity index (χ1n) is 8.89. The number of hydrogen-bond acceptors (Lipinski definition) is 4. The van der Waals surface area contributed by atoms with Crippen LogP contribution in [-0.2, 0) is 4.74 Å². The van der Waals surface area contributed by atoms with Crippen LogP contribution in [0.25, 0.3) is 10.1 Å². The second-order valence-electron chi connectivity index (χ2n) is 6.67. The minimum absolute atomic E-state index is 0.412. The molecule has 0 amide bonds. The number of carbonyl (C=O) groups excluding carboxylic acids is 1. The Hall–Kier alpha value is -1.37. The average molecular weight is 411 g/mol. The Morgan fingerprint density at radius 2 is 2.08 bits per heavy atom. The molecule has 1 heterocycles. The summed E-state index contributed by atoms with van der Waals surface area (Å²) in [6, 6.07) is 6.23. The highest BCUT2D eigenvalue weighted by atomic mass is 35.5. The summed E-state index contributed by atoms with van der Waals surface area (Å²) in [7, 11) is 1.36. The topological polar surface area (TPSA) is 50.4 Å². The molecule has 2 N–H and O–H groups in total. The predicted molar refractivity (Wildman–Crippen MR) is 114 cm³/mol. The van der Waals surface area contributed by atoms with Crippen LogP contribution in [0.15, 0.2) is 18.2 Å². The van der Waals surface area contributed by atoms with Crippen molar-refractivity contribution in [3.05, 3.63) is 28.1 Å². The zero-order valence-electron chi connectivity index (χ0n) is 14.9. The Labute approximate surface area is 168 Å². The van der Waals surface area contributed by atoms with Gasteiger partial charge in [0.2, 0.25) is 0 Å². The van der Waals surface area contributed by atoms with E-state index in [0.717, 1.165) is 21.7 Å². The largest absolute Gasteiger partial charge is 0.465 e. The molecule has 2 aromatic rings. The summed E-state index contributed by atoms with van der Waals surface area (Å²) < 4.78 is 5.71. The van der Waals surface area contributed by atoms with Crippen molar-refractivity contribution >= 4 is 62.0 Å². The lowest BCUT2D eigenvalue weighted by Gasteiger charge is -2.29. The van der Waals surface area contributed by atoms with E-state index >= 15 is 0 Å². The molecule has 0 aliphatic heterocycles. The molecule has 0 saturated heterocycles. The monoisotopic (exact) mass is 410 g/mol. The lowest BCUT2D eigenvalue weighted by Crippen LogP contribution is -2.39. The number of thiophene rings is 1. The van der Waals surface area contributed by atoms with Gasteiger partial charge in [-0.2, -0.15) is 0 Å². The molecule has 1 aliphatic carbocycles. The van der Waals surface area contributed by atoms with Crippen LogP contribution in [0, 0.1) is 5.92 Å². The van der Waals surface area contributed by atoms with Crippen LogP contribution in [0.2, 0.25) is 5.02 Å². The Bertz CT molecular complexity index is 813. The van der Waals surface area contributed by atoms with Crippen LogP contribution >= 0.6 is 35.2 Å². The first kappa shape index (κ1) is 19.4. The first-order valence-corrected chi connectivity index (χ1v) is 10.5. The molecule has 0 bridgehead atoms. The van der Waals surface area contributed by atoms with Gasteiger partial charge in [-0.1, -0.05) is 24.9 Å². The standard InChI is InChI=1S/C19H23ClN2O2S2/c1-3-11-4-6-12(7-5-11)21-19(25)22-13-8-9-14-15(10-13)26-17(16(14)20)18(23)24-2/h8-12H,3-7H2,1-2H3,(H2,21,22,25). The Balaban J connectivity index is 1.65. The fourth-order valence-electron chi connectivity index (χ4n) is 3.43. The zero-order valence-corrected chi connectivity index (χ0v) is 17.3. The number of benzene rings is 1. The molecule has 3 rings (SSSR count). The van der Waals surface area contributed by atoms with E-state index in [1.807, 2.05) is 18.2 Å². The number of rotatable bonds is 4. The van der Waals surface area contributed by atoms with Crippen molar-refractivity contribution in [2.24, 2.45) is 5.92 Å². The lowest BCUT2D eigenvalue weighted by molar-refractivity contribution is 0.0606. The third-order valence-electron chi connectivity index (χ3n) is 5.02. The number of thiocarbonyl (C=S) groups is 1. The van der Waals surface area contributed by atoms with E-state index in [9.17, 15) is 4.79 Å². The summed E-state index contributed by atoms with van der Waals surface area (Å²) in [4.78, 5) is 12.2. The van der Waals surface area contributed by atoms with E-state index in [0.29, 0.717) is 21.1 Å². The fraction of sp³-hybridized carbons (Fsp3) is 0.474. The van der Waals surface area contributed by atoms with Crippen molar-refractivity contribution in [2.75, 3.05) is 12.4 Å². The quantitative estimate of drug-likeness (QED) is 0.507.